The molecule has 4 unspecified atom stereocenters. The highest BCUT2D eigenvalue weighted by atomic mass is 16.7. The van der Waals surface area contributed by atoms with E-state index in [1.807, 2.05) is 6.92 Å². The molecule has 1 fully saturated rings. The highest BCUT2D eigenvalue weighted by molar-refractivity contribution is 5.66. The highest BCUT2D eigenvalue weighted by Crippen LogP contribution is 2.31. The number of rotatable bonds is 5. The number of hydrogen-bond donors (Lipinski definition) is 0. The van der Waals surface area contributed by atoms with E-state index in [0.717, 1.165) is 19.3 Å². The zero-order valence-corrected chi connectivity index (χ0v) is 11.1. The van der Waals surface area contributed by atoms with Gasteiger partial charge in [0.1, 0.15) is 6.10 Å². The lowest BCUT2D eigenvalue weighted by molar-refractivity contribution is -0.196. The summed E-state index contributed by atoms with van der Waals surface area (Å²) in [4.78, 5) is 11.0. The van der Waals surface area contributed by atoms with Crippen LogP contribution in [0.1, 0.15) is 40.0 Å². The van der Waals surface area contributed by atoms with E-state index in [1.165, 1.54) is 6.92 Å². The molecule has 1 aliphatic carbocycles. The Hall–Kier alpha value is -0.610. The summed E-state index contributed by atoms with van der Waals surface area (Å²) in [5.74, 6) is 0.295. The maximum atomic E-state index is 11.0. The van der Waals surface area contributed by atoms with Crippen molar-refractivity contribution >= 4 is 5.97 Å². The third-order valence-corrected chi connectivity index (χ3v) is 3.26. The molecule has 0 bridgehead atoms. The van der Waals surface area contributed by atoms with Gasteiger partial charge in [-0.2, -0.15) is 0 Å². The van der Waals surface area contributed by atoms with Crippen LogP contribution in [0, 0.1) is 12.3 Å². The first kappa shape index (κ1) is 14.5. The molecule has 0 spiro atoms. The second kappa shape index (κ2) is 6.97. The van der Waals surface area contributed by atoms with E-state index in [0.29, 0.717) is 5.92 Å². The molecule has 0 saturated heterocycles. The van der Waals surface area contributed by atoms with Crippen LogP contribution >= 0.6 is 0 Å². The van der Waals surface area contributed by atoms with Crippen LogP contribution in [-0.2, 0) is 19.0 Å². The van der Waals surface area contributed by atoms with Crippen LogP contribution in [0.3, 0.4) is 0 Å². The zero-order chi connectivity index (χ0) is 12.8. The molecule has 0 aliphatic heterocycles. The summed E-state index contributed by atoms with van der Waals surface area (Å²) < 4.78 is 16.2. The SMILES string of the molecule is C[CH]C1CCC(OC(C)=O)C(OC(C)OC)C1. The number of methoxy groups -OCH3 is 1. The fourth-order valence-electron chi connectivity index (χ4n) is 2.23. The topological polar surface area (TPSA) is 44.8 Å². The number of carbonyl (C=O) groups excluding carboxylic acids is 1. The third-order valence-electron chi connectivity index (χ3n) is 3.26. The van der Waals surface area contributed by atoms with Crippen LogP contribution in [0.15, 0.2) is 0 Å². The summed E-state index contributed by atoms with van der Waals surface area (Å²) in [6, 6.07) is 0. The Morgan fingerprint density at radius 3 is 2.59 bits per heavy atom. The first-order valence-electron chi connectivity index (χ1n) is 6.21. The molecule has 4 heteroatoms. The van der Waals surface area contributed by atoms with Gasteiger partial charge in [0.25, 0.3) is 0 Å². The maximum absolute atomic E-state index is 11.0. The van der Waals surface area contributed by atoms with Gasteiger partial charge in [-0.25, -0.2) is 0 Å². The fourth-order valence-corrected chi connectivity index (χ4v) is 2.23. The van der Waals surface area contributed by atoms with E-state index in [9.17, 15) is 4.79 Å². The van der Waals surface area contributed by atoms with Crippen LogP contribution in [0.4, 0.5) is 0 Å². The van der Waals surface area contributed by atoms with Gasteiger partial charge in [0, 0.05) is 14.0 Å². The molecule has 4 atom stereocenters. The Bertz CT molecular complexity index is 240. The molecule has 0 aromatic heterocycles. The van der Waals surface area contributed by atoms with Crippen LogP contribution in [0.2, 0.25) is 0 Å². The third kappa shape index (κ3) is 4.64. The Morgan fingerprint density at radius 1 is 1.35 bits per heavy atom. The smallest absolute Gasteiger partial charge is 0.302 e. The lowest BCUT2D eigenvalue weighted by atomic mass is 9.83. The summed E-state index contributed by atoms with van der Waals surface area (Å²) in [5.41, 5.74) is 0. The van der Waals surface area contributed by atoms with Crippen molar-refractivity contribution in [1.82, 2.24) is 0 Å². The fraction of sp³-hybridized carbons (Fsp3) is 0.846. The quantitative estimate of drug-likeness (QED) is 0.549. The Kier molecular flexibility index (Phi) is 5.92. The molecular weight excluding hydrogens is 220 g/mol. The molecule has 1 saturated carbocycles. The molecule has 17 heavy (non-hydrogen) atoms. The predicted molar refractivity (Wildman–Crippen MR) is 64.2 cm³/mol. The van der Waals surface area contributed by atoms with Gasteiger partial charge in [0.15, 0.2) is 6.29 Å². The van der Waals surface area contributed by atoms with Crippen LogP contribution in [-0.4, -0.2) is 31.6 Å². The van der Waals surface area contributed by atoms with E-state index in [2.05, 4.69) is 13.3 Å². The minimum Gasteiger partial charge on any atom is -0.460 e. The van der Waals surface area contributed by atoms with Crippen LogP contribution < -0.4 is 0 Å². The van der Waals surface area contributed by atoms with Gasteiger partial charge in [-0.15, -0.1) is 0 Å². The maximum Gasteiger partial charge on any atom is 0.302 e. The molecule has 0 N–H and O–H groups in total. The highest BCUT2D eigenvalue weighted by Gasteiger charge is 2.33. The van der Waals surface area contributed by atoms with Gasteiger partial charge in [-0.1, -0.05) is 6.92 Å². The first-order valence-corrected chi connectivity index (χ1v) is 6.21. The molecule has 4 nitrogen and oxygen atoms in total. The number of esters is 1. The van der Waals surface area contributed by atoms with Crippen molar-refractivity contribution in [1.29, 1.82) is 0 Å². The van der Waals surface area contributed by atoms with Crippen LogP contribution in [0.25, 0.3) is 0 Å². The molecule has 0 amide bonds. The number of ether oxygens (including phenoxy) is 3. The zero-order valence-electron chi connectivity index (χ0n) is 11.1. The van der Waals surface area contributed by atoms with Crippen molar-refractivity contribution in [3.05, 3.63) is 6.42 Å². The van der Waals surface area contributed by atoms with Crippen molar-refractivity contribution in [3.63, 3.8) is 0 Å². The second-order valence-corrected chi connectivity index (χ2v) is 4.53. The summed E-state index contributed by atoms with van der Waals surface area (Å²) in [6.07, 6.45) is 4.52. The minimum atomic E-state index is -0.270. The van der Waals surface area contributed by atoms with E-state index in [1.54, 1.807) is 7.11 Å². The predicted octanol–water partition coefficient (Wildman–Crippen LogP) is 2.32. The average molecular weight is 243 g/mol. The van der Waals surface area contributed by atoms with Gasteiger partial charge < -0.3 is 14.2 Å². The molecule has 0 aromatic rings. The van der Waals surface area contributed by atoms with Crippen molar-refractivity contribution in [2.75, 3.05) is 7.11 Å². The lowest BCUT2D eigenvalue weighted by Crippen LogP contribution is -2.41. The van der Waals surface area contributed by atoms with E-state index < -0.39 is 0 Å². The largest absolute Gasteiger partial charge is 0.460 e. The monoisotopic (exact) mass is 243 g/mol. The molecule has 0 aromatic carbocycles. The number of hydrogen-bond acceptors (Lipinski definition) is 4. The molecule has 1 rings (SSSR count). The van der Waals surface area contributed by atoms with Gasteiger partial charge in [-0.05, 0) is 38.5 Å². The summed E-state index contributed by atoms with van der Waals surface area (Å²) >= 11 is 0. The van der Waals surface area contributed by atoms with Gasteiger partial charge >= 0.3 is 5.97 Å². The molecule has 1 radical (unpaired) electrons. The second-order valence-electron chi connectivity index (χ2n) is 4.53. The number of carbonyl (C=O) groups is 1. The molecule has 0 heterocycles. The molecular formula is C13H23O4. The van der Waals surface area contributed by atoms with E-state index in [4.69, 9.17) is 14.2 Å². The lowest BCUT2D eigenvalue weighted by Gasteiger charge is -2.36. The van der Waals surface area contributed by atoms with Gasteiger partial charge in [-0.3, -0.25) is 4.79 Å². The molecule has 99 valence electrons. The normalized spacial score (nSPS) is 30.9. The van der Waals surface area contributed by atoms with Crippen molar-refractivity contribution in [3.8, 4) is 0 Å². The van der Waals surface area contributed by atoms with Crippen molar-refractivity contribution < 1.29 is 19.0 Å². The van der Waals surface area contributed by atoms with E-state index >= 15 is 0 Å². The molecule has 1 aliphatic rings. The Balaban J connectivity index is 2.57. The van der Waals surface area contributed by atoms with Crippen molar-refractivity contribution in [2.24, 2.45) is 5.92 Å². The van der Waals surface area contributed by atoms with Crippen LogP contribution in [0.5, 0.6) is 0 Å². The summed E-state index contributed by atoms with van der Waals surface area (Å²) in [6.45, 7) is 5.35. The van der Waals surface area contributed by atoms with Gasteiger partial charge in [0.05, 0.1) is 6.10 Å². The van der Waals surface area contributed by atoms with E-state index in [-0.39, 0.29) is 24.5 Å². The Labute approximate surface area is 104 Å². The Morgan fingerprint density at radius 2 is 2.06 bits per heavy atom. The minimum absolute atomic E-state index is 0.0659. The average Bonchev–Trinajstić information content (AvgIpc) is 2.30. The standard InChI is InChI=1S/C13H23O4/c1-5-11-6-7-12(16-9(2)14)13(8-11)17-10(3)15-4/h5,10-13H,6-8H2,1-4H3. The van der Waals surface area contributed by atoms with Crippen molar-refractivity contribution in [2.45, 2.75) is 58.5 Å². The first-order chi connectivity index (χ1) is 8.06. The summed E-state index contributed by atoms with van der Waals surface area (Å²) in [7, 11) is 1.61. The van der Waals surface area contributed by atoms with Gasteiger partial charge in [0.2, 0.25) is 0 Å². The summed E-state index contributed by atoms with van der Waals surface area (Å²) in [5, 5.41) is 0.